The fraction of sp³-hybridized carbons (Fsp3) is 0.412. The van der Waals surface area contributed by atoms with Crippen molar-refractivity contribution in [2.45, 2.75) is 25.3 Å². The summed E-state index contributed by atoms with van der Waals surface area (Å²) in [5.74, 6) is 0.679. The van der Waals surface area contributed by atoms with Crippen molar-refractivity contribution < 1.29 is 9.90 Å². The normalized spacial score (nSPS) is 30.7. The molecule has 2 aliphatic carbocycles. The number of nitrogens with zero attached hydrogens (tertiary/aromatic N) is 1. The minimum Gasteiger partial charge on any atom is -0.481 e. The number of carboxylic acids is 1. The van der Waals surface area contributed by atoms with Crippen LogP contribution in [0.15, 0.2) is 36.5 Å². The molecule has 2 N–H and O–H groups in total. The van der Waals surface area contributed by atoms with Gasteiger partial charge in [0.15, 0.2) is 0 Å². The summed E-state index contributed by atoms with van der Waals surface area (Å²) in [6.07, 6.45) is 5.02. The number of rotatable bonds is 3. The quantitative estimate of drug-likeness (QED) is 0.907. The predicted octanol–water partition coefficient (Wildman–Crippen LogP) is 3.15. The molecule has 0 radical (unpaired) electrons. The first kappa shape index (κ1) is 12.6. The first-order valence-electron chi connectivity index (χ1n) is 7.57. The molecule has 2 saturated carbocycles. The number of aromatic nitrogens is 1. The van der Waals surface area contributed by atoms with Gasteiger partial charge in [0, 0.05) is 17.6 Å². The molecule has 2 aliphatic rings. The molecule has 108 valence electrons. The molecule has 4 nitrogen and oxygen atoms in total. The minimum absolute atomic E-state index is 0.0135. The van der Waals surface area contributed by atoms with Crippen LogP contribution in [0.2, 0.25) is 0 Å². The van der Waals surface area contributed by atoms with Crippen molar-refractivity contribution in [3.05, 3.63) is 36.5 Å². The molecule has 2 fully saturated rings. The molecule has 1 heterocycles. The van der Waals surface area contributed by atoms with Gasteiger partial charge in [-0.25, -0.2) is 4.98 Å². The Morgan fingerprint density at radius 3 is 2.86 bits per heavy atom. The van der Waals surface area contributed by atoms with Crippen molar-refractivity contribution in [1.29, 1.82) is 0 Å². The molecule has 21 heavy (non-hydrogen) atoms. The van der Waals surface area contributed by atoms with E-state index in [2.05, 4.69) is 16.4 Å². The van der Waals surface area contributed by atoms with Crippen LogP contribution in [0.1, 0.15) is 19.3 Å². The maximum atomic E-state index is 11.6. The zero-order chi connectivity index (χ0) is 14.4. The summed E-state index contributed by atoms with van der Waals surface area (Å²) in [6.45, 7) is 0. The van der Waals surface area contributed by atoms with Crippen molar-refractivity contribution in [3.8, 4) is 0 Å². The Balaban J connectivity index is 1.69. The van der Waals surface area contributed by atoms with E-state index in [4.69, 9.17) is 0 Å². The van der Waals surface area contributed by atoms with Crippen LogP contribution in [0.5, 0.6) is 0 Å². The highest BCUT2D eigenvalue weighted by molar-refractivity contribution is 5.92. The molecule has 0 aliphatic heterocycles. The summed E-state index contributed by atoms with van der Waals surface area (Å²) < 4.78 is 0. The largest absolute Gasteiger partial charge is 0.481 e. The van der Waals surface area contributed by atoms with E-state index in [0.29, 0.717) is 11.8 Å². The molecular weight excluding hydrogens is 264 g/mol. The van der Waals surface area contributed by atoms with E-state index in [-0.39, 0.29) is 12.0 Å². The molecule has 4 heteroatoms. The van der Waals surface area contributed by atoms with Gasteiger partial charge in [-0.1, -0.05) is 24.3 Å². The number of fused-ring (bicyclic) bond motifs is 3. The van der Waals surface area contributed by atoms with Gasteiger partial charge in [-0.2, -0.15) is 0 Å². The highest BCUT2D eigenvalue weighted by Crippen LogP contribution is 2.49. The number of anilines is 1. The summed E-state index contributed by atoms with van der Waals surface area (Å²) >= 11 is 0. The smallest absolute Gasteiger partial charge is 0.308 e. The molecule has 4 rings (SSSR count). The summed E-state index contributed by atoms with van der Waals surface area (Å²) in [5, 5.41) is 15.2. The van der Waals surface area contributed by atoms with Crippen LogP contribution in [0.4, 0.5) is 5.82 Å². The molecule has 1 aromatic carbocycles. The standard InChI is InChI=1S/C17H18N2O2/c20-17(21)14-11-5-6-12(9-11)15(14)19-16-13-4-2-1-3-10(13)7-8-18-16/h1-4,7-8,11-12,14-15H,5-6,9H2,(H,18,19)(H,20,21). The van der Waals surface area contributed by atoms with E-state index < -0.39 is 5.97 Å². The first-order valence-corrected chi connectivity index (χ1v) is 7.57. The third-order valence-electron chi connectivity index (χ3n) is 5.18. The zero-order valence-electron chi connectivity index (χ0n) is 11.7. The second-order valence-electron chi connectivity index (χ2n) is 6.25. The van der Waals surface area contributed by atoms with Gasteiger partial charge >= 0.3 is 5.97 Å². The van der Waals surface area contributed by atoms with Gasteiger partial charge in [-0.05, 0) is 42.6 Å². The van der Waals surface area contributed by atoms with Gasteiger partial charge in [0.05, 0.1) is 5.92 Å². The lowest BCUT2D eigenvalue weighted by molar-refractivity contribution is -0.143. The Hall–Kier alpha value is -2.10. The molecule has 1 aromatic heterocycles. The third kappa shape index (κ3) is 1.97. The van der Waals surface area contributed by atoms with E-state index in [1.54, 1.807) is 6.20 Å². The lowest BCUT2D eigenvalue weighted by atomic mass is 9.84. The van der Waals surface area contributed by atoms with Gasteiger partial charge in [-0.15, -0.1) is 0 Å². The minimum atomic E-state index is -0.667. The van der Waals surface area contributed by atoms with E-state index in [1.807, 2.05) is 24.3 Å². The fourth-order valence-electron chi connectivity index (χ4n) is 4.25. The monoisotopic (exact) mass is 282 g/mol. The molecule has 0 amide bonds. The van der Waals surface area contributed by atoms with Crippen molar-refractivity contribution in [2.75, 3.05) is 5.32 Å². The molecule has 4 atom stereocenters. The van der Waals surface area contributed by atoms with Crippen molar-refractivity contribution in [1.82, 2.24) is 4.98 Å². The average molecular weight is 282 g/mol. The number of benzene rings is 1. The number of hydrogen-bond acceptors (Lipinski definition) is 3. The Morgan fingerprint density at radius 1 is 1.19 bits per heavy atom. The molecular formula is C17H18N2O2. The lowest BCUT2D eigenvalue weighted by Crippen LogP contribution is -2.39. The van der Waals surface area contributed by atoms with Crippen molar-refractivity contribution in [3.63, 3.8) is 0 Å². The molecule has 4 unspecified atom stereocenters. The number of hydrogen-bond donors (Lipinski definition) is 2. The Bertz CT molecular complexity index is 695. The summed E-state index contributed by atoms with van der Waals surface area (Å²) in [7, 11) is 0. The fourth-order valence-corrected chi connectivity index (χ4v) is 4.25. The van der Waals surface area contributed by atoms with Crippen LogP contribution in [-0.2, 0) is 4.79 Å². The highest BCUT2D eigenvalue weighted by Gasteiger charge is 2.51. The number of carbonyl (C=O) groups is 1. The average Bonchev–Trinajstić information content (AvgIpc) is 3.08. The second-order valence-corrected chi connectivity index (χ2v) is 6.25. The van der Waals surface area contributed by atoms with Crippen LogP contribution in [0.3, 0.4) is 0 Å². The number of carboxylic acid groups (broad SMARTS) is 1. The van der Waals surface area contributed by atoms with Gasteiger partial charge in [0.1, 0.15) is 5.82 Å². The number of aliphatic carboxylic acids is 1. The van der Waals surface area contributed by atoms with Gasteiger partial charge < -0.3 is 10.4 Å². The van der Waals surface area contributed by atoms with Crippen LogP contribution in [-0.4, -0.2) is 22.1 Å². The van der Waals surface area contributed by atoms with Gasteiger partial charge in [0.25, 0.3) is 0 Å². The van der Waals surface area contributed by atoms with Crippen LogP contribution in [0.25, 0.3) is 10.8 Å². The number of nitrogens with one attached hydrogen (secondary N) is 1. The number of pyridine rings is 1. The Labute approximate surface area is 123 Å². The Morgan fingerprint density at radius 2 is 2.00 bits per heavy atom. The molecule has 2 bridgehead atoms. The highest BCUT2D eigenvalue weighted by atomic mass is 16.4. The lowest BCUT2D eigenvalue weighted by Gasteiger charge is -2.29. The summed E-state index contributed by atoms with van der Waals surface area (Å²) in [5.41, 5.74) is 0. The van der Waals surface area contributed by atoms with E-state index >= 15 is 0 Å². The maximum Gasteiger partial charge on any atom is 0.308 e. The van der Waals surface area contributed by atoms with Gasteiger partial charge in [0.2, 0.25) is 0 Å². The van der Waals surface area contributed by atoms with Crippen LogP contribution in [0, 0.1) is 17.8 Å². The molecule has 2 aromatic rings. The van der Waals surface area contributed by atoms with E-state index in [1.165, 1.54) is 0 Å². The van der Waals surface area contributed by atoms with E-state index in [0.717, 1.165) is 35.9 Å². The molecule has 0 spiro atoms. The SMILES string of the molecule is O=C(O)C1C2CCC(C2)C1Nc1nccc2ccccc12. The van der Waals surface area contributed by atoms with Crippen LogP contribution >= 0.6 is 0 Å². The maximum absolute atomic E-state index is 11.6. The Kier molecular flexibility index (Phi) is 2.84. The van der Waals surface area contributed by atoms with E-state index in [9.17, 15) is 9.90 Å². The third-order valence-corrected chi connectivity index (χ3v) is 5.18. The van der Waals surface area contributed by atoms with Crippen molar-refractivity contribution >= 4 is 22.6 Å². The second kappa shape index (κ2) is 4.72. The van der Waals surface area contributed by atoms with Crippen LogP contribution < -0.4 is 5.32 Å². The zero-order valence-corrected chi connectivity index (χ0v) is 11.7. The molecule has 0 saturated heterocycles. The summed E-state index contributed by atoms with van der Waals surface area (Å²) in [6, 6.07) is 10.1. The van der Waals surface area contributed by atoms with Crippen molar-refractivity contribution in [2.24, 2.45) is 17.8 Å². The predicted molar refractivity (Wildman–Crippen MR) is 81.1 cm³/mol. The first-order chi connectivity index (χ1) is 10.2. The topological polar surface area (TPSA) is 62.2 Å². The summed E-state index contributed by atoms with van der Waals surface area (Å²) in [4.78, 5) is 16.0. The van der Waals surface area contributed by atoms with Gasteiger partial charge in [-0.3, -0.25) is 4.79 Å².